The Kier molecular flexibility index (Phi) is 3.34. The third-order valence-electron chi connectivity index (χ3n) is 4.64. The molecule has 0 N–H and O–H groups in total. The van der Waals surface area contributed by atoms with E-state index in [4.69, 9.17) is 0 Å². The molecule has 1 aromatic rings. The largest absolute Gasteiger partial charge is 0.427 e. The summed E-state index contributed by atoms with van der Waals surface area (Å²) in [4.78, 5) is 4.13. The Hall–Kier alpha value is -2.00. The van der Waals surface area contributed by atoms with Crippen molar-refractivity contribution in [1.82, 2.24) is 0 Å². The van der Waals surface area contributed by atoms with E-state index in [1.54, 1.807) is 0 Å². The maximum absolute atomic E-state index is 13.2. The highest BCUT2D eigenvalue weighted by Gasteiger charge is 2.53. The molecule has 4 nitrogen and oxygen atoms in total. The fourth-order valence-electron chi connectivity index (χ4n) is 3.61. The lowest BCUT2D eigenvalue weighted by molar-refractivity contribution is -0.146. The van der Waals surface area contributed by atoms with E-state index in [-0.39, 0.29) is 22.7 Å². The van der Waals surface area contributed by atoms with E-state index in [1.807, 2.05) is 0 Å². The molecule has 0 aliphatic carbocycles. The van der Waals surface area contributed by atoms with Gasteiger partial charge in [-0.15, -0.1) is 0 Å². The zero-order valence-corrected chi connectivity index (χ0v) is 13.4. The predicted octanol–water partition coefficient (Wildman–Crippen LogP) is 3.24. The summed E-state index contributed by atoms with van der Waals surface area (Å²) in [5.74, 6) is 0. The Balaban J connectivity index is 2.09. The van der Waals surface area contributed by atoms with Gasteiger partial charge >= 0.3 is 12.4 Å². The van der Waals surface area contributed by atoms with Crippen molar-refractivity contribution in [3.05, 3.63) is 12.1 Å². The average Bonchev–Trinajstić information content (AvgIpc) is 2.81. The molecule has 134 valence electrons. The molecule has 0 atom stereocenters. The molecule has 0 saturated heterocycles. The van der Waals surface area contributed by atoms with Gasteiger partial charge in [-0.2, -0.15) is 26.3 Å². The number of rotatable bonds is 0. The molecule has 24 heavy (non-hydrogen) atoms. The first kappa shape index (κ1) is 16.8. The minimum absolute atomic E-state index is 0.252. The van der Waals surface area contributed by atoms with Crippen LogP contribution in [0.3, 0.4) is 0 Å². The van der Waals surface area contributed by atoms with Crippen molar-refractivity contribution < 1.29 is 26.3 Å². The number of hydrogen-bond acceptors (Lipinski definition) is 4. The van der Waals surface area contributed by atoms with E-state index in [0.717, 1.165) is 19.6 Å². The third kappa shape index (κ3) is 2.15. The summed E-state index contributed by atoms with van der Waals surface area (Å²) >= 11 is 0. The highest BCUT2D eigenvalue weighted by molar-refractivity contribution is 5.91. The second-order valence-corrected chi connectivity index (χ2v) is 6.10. The van der Waals surface area contributed by atoms with E-state index in [2.05, 4.69) is 0 Å². The van der Waals surface area contributed by atoms with Gasteiger partial charge in [0.15, 0.2) is 12.3 Å². The fraction of sp³-hybridized carbons (Fsp3) is 0.571. The van der Waals surface area contributed by atoms with Crippen molar-refractivity contribution >= 4 is 22.7 Å². The molecule has 0 bridgehead atoms. The number of halogens is 6. The summed E-state index contributed by atoms with van der Waals surface area (Å²) < 4.78 is 79.5. The minimum Gasteiger partial charge on any atom is -0.345 e. The second-order valence-electron chi connectivity index (χ2n) is 6.10. The fourth-order valence-corrected chi connectivity index (χ4v) is 3.61. The van der Waals surface area contributed by atoms with Crippen LogP contribution in [0.2, 0.25) is 0 Å². The van der Waals surface area contributed by atoms with Crippen molar-refractivity contribution in [2.75, 3.05) is 47.8 Å². The summed E-state index contributed by atoms with van der Waals surface area (Å²) in [5, 5.41) is 0. The van der Waals surface area contributed by atoms with E-state index >= 15 is 0 Å². The smallest absolute Gasteiger partial charge is 0.345 e. The van der Waals surface area contributed by atoms with Crippen LogP contribution >= 0.6 is 0 Å². The van der Waals surface area contributed by atoms with Gasteiger partial charge in [-0.25, -0.2) is 0 Å². The molecular weight excluding hydrogens is 338 g/mol. The van der Waals surface area contributed by atoms with Gasteiger partial charge in [0, 0.05) is 28.2 Å². The Morgan fingerprint density at radius 1 is 0.583 bits per heavy atom. The van der Waals surface area contributed by atoms with E-state index < -0.39 is 24.7 Å². The summed E-state index contributed by atoms with van der Waals surface area (Å²) in [6.45, 7) is 0. The lowest BCUT2D eigenvalue weighted by atomic mass is 10.2. The number of hydrogen-bond donors (Lipinski definition) is 0. The highest BCUT2D eigenvalue weighted by Crippen LogP contribution is 2.52. The first-order valence-corrected chi connectivity index (χ1v) is 7.08. The molecular formula is C14H16F6N4. The topological polar surface area (TPSA) is 13.0 Å². The number of anilines is 4. The summed E-state index contributed by atoms with van der Waals surface area (Å²) in [6.07, 6.45) is -12.7. The lowest BCUT2D eigenvalue weighted by Crippen LogP contribution is -2.50. The molecule has 0 spiro atoms. The van der Waals surface area contributed by atoms with Crippen LogP contribution in [0.15, 0.2) is 12.1 Å². The van der Waals surface area contributed by atoms with Crippen molar-refractivity contribution in [3.63, 3.8) is 0 Å². The van der Waals surface area contributed by atoms with Crippen molar-refractivity contribution in [2.45, 2.75) is 24.7 Å². The van der Waals surface area contributed by atoms with Crippen LogP contribution in [0.1, 0.15) is 0 Å². The van der Waals surface area contributed by atoms with Crippen LogP contribution in [-0.4, -0.2) is 52.9 Å². The first-order chi connectivity index (χ1) is 10.9. The van der Waals surface area contributed by atoms with E-state index in [1.165, 1.54) is 40.3 Å². The molecule has 3 rings (SSSR count). The van der Waals surface area contributed by atoms with Gasteiger partial charge in [0.25, 0.3) is 0 Å². The normalized spacial score (nSPS) is 19.4. The van der Waals surface area contributed by atoms with Crippen LogP contribution in [0.4, 0.5) is 49.1 Å². The van der Waals surface area contributed by atoms with Gasteiger partial charge in [0.2, 0.25) is 0 Å². The molecule has 2 heterocycles. The zero-order chi connectivity index (χ0) is 18.2. The zero-order valence-electron chi connectivity index (χ0n) is 13.4. The van der Waals surface area contributed by atoms with Crippen LogP contribution in [0, 0.1) is 0 Å². The van der Waals surface area contributed by atoms with Gasteiger partial charge in [0.1, 0.15) is 0 Å². The minimum atomic E-state index is -4.49. The van der Waals surface area contributed by atoms with Gasteiger partial charge in [-0.3, -0.25) is 0 Å². The van der Waals surface area contributed by atoms with Gasteiger partial charge in [0.05, 0.1) is 22.7 Å². The summed E-state index contributed by atoms with van der Waals surface area (Å²) in [6, 6.07) is 2.77. The molecule has 0 fully saturated rings. The van der Waals surface area contributed by atoms with Gasteiger partial charge in [-0.05, 0) is 12.1 Å². The maximum Gasteiger partial charge on any atom is 0.427 e. The molecule has 1 aromatic carbocycles. The molecule has 0 unspecified atom stereocenters. The number of fused-ring (bicyclic) bond motifs is 2. The van der Waals surface area contributed by atoms with Crippen LogP contribution < -0.4 is 19.6 Å². The first-order valence-electron chi connectivity index (χ1n) is 7.08. The van der Waals surface area contributed by atoms with Gasteiger partial charge in [-0.1, -0.05) is 0 Å². The Morgan fingerprint density at radius 3 is 0.958 bits per heavy atom. The number of benzene rings is 1. The Labute approximate surface area is 134 Å². The standard InChI is InChI=1S/C14H16F6N4/c1-21-7-5-9-10(24(4)12(23(9)3)14(18,19)20)6-8(7)22(2)11(21)13(15,16)17/h5-6,11-12H,1-4H3. The van der Waals surface area contributed by atoms with Gasteiger partial charge < -0.3 is 19.6 Å². The van der Waals surface area contributed by atoms with E-state index in [9.17, 15) is 26.3 Å². The highest BCUT2D eigenvalue weighted by atomic mass is 19.4. The van der Waals surface area contributed by atoms with Crippen molar-refractivity contribution in [2.24, 2.45) is 0 Å². The molecule has 10 heteroatoms. The van der Waals surface area contributed by atoms with Crippen molar-refractivity contribution in [3.8, 4) is 0 Å². The van der Waals surface area contributed by atoms with Crippen molar-refractivity contribution in [1.29, 1.82) is 0 Å². The summed E-state index contributed by atoms with van der Waals surface area (Å²) in [7, 11) is 5.14. The second kappa shape index (κ2) is 4.76. The monoisotopic (exact) mass is 354 g/mol. The van der Waals surface area contributed by atoms with Crippen LogP contribution in [0.25, 0.3) is 0 Å². The average molecular weight is 354 g/mol. The van der Waals surface area contributed by atoms with E-state index in [0.29, 0.717) is 0 Å². The number of alkyl halides is 6. The number of nitrogens with zero attached hydrogens (tertiary/aromatic N) is 4. The SMILES string of the molecule is CN1c2cc3c(cc2N(C)C1C(F)(F)F)N(C)C(C(F)(F)F)N3C. The van der Waals surface area contributed by atoms with Crippen LogP contribution in [-0.2, 0) is 0 Å². The molecule has 2 aliphatic rings. The predicted molar refractivity (Wildman–Crippen MR) is 79.7 cm³/mol. The quantitative estimate of drug-likeness (QED) is 0.663. The van der Waals surface area contributed by atoms with Crippen LogP contribution in [0.5, 0.6) is 0 Å². The lowest BCUT2D eigenvalue weighted by Gasteiger charge is -2.30. The molecule has 0 aromatic heterocycles. The summed E-state index contributed by atoms with van der Waals surface area (Å²) in [5.41, 5.74) is 1.01. The Morgan fingerprint density at radius 2 is 0.792 bits per heavy atom. The maximum atomic E-state index is 13.2. The molecule has 0 amide bonds. The molecule has 0 radical (unpaired) electrons. The third-order valence-corrected chi connectivity index (χ3v) is 4.64. The molecule has 0 saturated carbocycles. The molecule has 2 aliphatic heterocycles. The Bertz CT molecular complexity index is 574.